The zero-order chi connectivity index (χ0) is 20.6. The highest BCUT2D eigenvalue weighted by molar-refractivity contribution is 7.99. The molecule has 3 aromatic rings. The van der Waals surface area contributed by atoms with E-state index in [-0.39, 0.29) is 11.7 Å². The van der Waals surface area contributed by atoms with Crippen LogP contribution >= 0.6 is 11.8 Å². The standard InChI is InChI=1S/C22H26N4O2S/c1-4-16-9-7-8-10-19(16)23-20(27)15-29-22-25-24-21(26(22)5-2)17-11-13-18(14-12-17)28-6-3/h7-14H,4-6,15H2,1-3H3,(H,23,27). The van der Waals surface area contributed by atoms with E-state index in [1.54, 1.807) is 0 Å². The van der Waals surface area contributed by atoms with Gasteiger partial charge < -0.3 is 14.6 Å². The Hall–Kier alpha value is -2.80. The third kappa shape index (κ3) is 5.17. The van der Waals surface area contributed by atoms with E-state index < -0.39 is 0 Å². The number of thioether (sulfide) groups is 1. The first kappa shape index (κ1) is 20.9. The highest BCUT2D eigenvalue weighted by Crippen LogP contribution is 2.26. The first-order valence-electron chi connectivity index (χ1n) is 9.83. The lowest BCUT2D eigenvalue weighted by atomic mass is 10.1. The van der Waals surface area contributed by atoms with Crippen LogP contribution < -0.4 is 10.1 Å². The number of rotatable bonds is 9. The molecule has 0 atom stereocenters. The van der Waals surface area contributed by atoms with Gasteiger partial charge in [-0.3, -0.25) is 4.79 Å². The molecule has 0 aliphatic rings. The number of aryl methyl sites for hydroxylation is 1. The van der Waals surface area contributed by atoms with Crippen molar-refractivity contribution in [3.63, 3.8) is 0 Å². The molecule has 0 spiro atoms. The minimum atomic E-state index is -0.0517. The van der Waals surface area contributed by atoms with Gasteiger partial charge in [0.05, 0.1) is 12.4 Å². The number of hydrogen-bond acceptors (Lipinski definition) is 5. The van der Waals surface area contributed by atoms with Crippen molar-refractivity contribution in [1.82, 2.24) is 14.8 Å². The molecule has 2 aromatic carbocycles. The molecule has 29 heavy (non-hydrogen) atoms. The molecule has 0 bridgehead atoms. The van der Waals surface area contributed by atoms with Crippen LogP contribution in [-0.2, 0) is 17.8 Å². The van der Waals surface area contributed by atoms with Crippen LogP contribution in [0.2, 0.25) is 0 Å². The fraction of sp³-hybridized carbons (Fsp3) is 0.318. The van der Waals surface area contributed by atoms with Crippen LogP contribution in [0.3, 0.4) is 0 Å². The molecule has 1 heterocycles. The molecule has 0 fully saturated rings. The van der Waals surface area contributed by atoms with Gasteiger partial charge in [-0.15, -0.1) is 10.2 Å². The van der Waals surface area contributed by atoms with E-state index in [2.05, 4.69) is 22.4 Å². The maximum atomic E-state index is 12.4. The second kappa shape index (κ2) is 10.1. The second-order valence-electron chi connectivity index (χ2n) is 6.36. The predicted octanol–water partition coefficient (Wildman–Crippen LogP) is 4.66. The molecule has 1 aromatic heterocycles. The van der Waals surface area contributed by atoms with Crippen molar-refractivity contribution in [2.75, 3.05) is 17.7 Å². The van der Waals surface area contributed by atoms with Crippen LogP contribution in [0.25, 0.3) is 11.4 Å². The number of carbonyl (C=O) groups is 1. The fourth-order valence-corrected chi connectivity index (χ4v) is 3.83. The smallest absolute Gasteiger partial charge is 0.234 e. The predicted molar refractivity (Wildman–Crippen MR) is 117 cm³/mol. The second-order valence-corrected chi connectivity index (χ2v) is 7.30. The molecule has 1 amide bonds. The summed E-state index contributed by atoms with van der Waals surface area (Å²) < 4.78 is 7.52. The lowest BCUT2D eigenvalue weighted by Crippen LogP contribution is -2.15. The number of nitrogens with zero attached hydrogens (tertiary/aromatic N) is 3. The molecular weight excluding hydrogens is 384 g/mol. The molecule has 7 heteroatoms. The number of benzene rings is 2. The Balaban J connectivity index is 1.68. The van der Waals surface area contributed by atoms with Gasteiger partial charge in [0.25, 0.3) is 0 Å². The first-order valence-corrected chi connectivity index (χ1v) is 10.8. The zero-order valence-electron chi connectivity index (χ0n) is 17.0. The average Bonchev–Trinajstić information content (AvgIpc) is 3.16. The quantitative estimate of drug-likeness (QED) is 0.520. The van der Waals surface area contributed by atoms with Crippen LogP contribution in [0.1, 0.15) is 26.3 Å². The van der Waals surface area contributed by atoms with Gasteiger partial charge in [0.15, 0.2) is 11.0 Å². The van der Waals surface area contributed by atoms with Gasteiger partial charge in [0.2, 0.25) is 5.91 Å². The summed E-state index contributed by atoms with van der Waals surface area (Å²) in [6, 6.07) is 15.7. The molecule has 0 unspecified atom stereocenters. The maximum Gasteiger partial charge on any atom is 0.234 e. The molecule has 3 rings (SSSR count). The number of para-hydroxylation sites is 1. The first-order chi connectivity index (χ1) is 14.2. The van der Waals surface area contributed by atoms with Gasteiger partial charge in [-0.05, 0) is 56.2 Å². The zero-order valence-corrected chi connectivity index (χ0v) is 17.8. The Labute approximate surface area is 175 Å². The number of aromatic nitrogens is 3. The van der Waals surface area contributed by atoms with Gasteiger partial charge in [0, 0.05) is 17.8 Å². The molecule has 0 saturated carbocycles. The molecule has 6 nitrogen and oxygen atoms in total. The highest BCUT2D eigenvalue weighted by Gasteiger charge is 2.15. The van der Waals surface area contributed by atoms with Crippen molar-refractivity contribution in [2.45, 2.75) is 38.9 Å². The topological polar surface area (TPSA) is 69.0 Å². The number of ether oxygens (including phenoxy) is 1. The van der Waals surface area contributed by atoms with E-state index in [1.807, 2.05) is 66.9 Å². The number of hydrogen-bond donors (Lipinski definition) is 1. The minimum Gasteiger partial charge on any atom is -0.494 e. The average molecular weight is 411 g/mol. The van der Waals surface area contributed by atoms with Crippen molar-refractivity contribution in [1.29, 1.82) is 0 Å². The van der Waals surface area contributed by atoms with Crippen molar-refractivity contribution >= 4 is 23.4 Å². The molecule has 0 aliphatic heterocycles. The van der Waals surface area contributed by atoms with Gasteiger partial charge >= 0.3 is 0 Å². The van der Waals surface area contributed by atoms with Crippen LogP contribution in [0.5, 0.6) is 5.75 Å². The lowest BCUT2D eigenvalue weighted by Gasteiger charge is -2.10. The summed E-state index contributed by atoms with van der Waals surface area (Å²) in [5.41, 5.74) is 2.96. The molecular formula is C22H26N4O2S. The fourth-order valence-electron chi connectivity index (χ4n) is 3.03. The monoisotopic (exact) mass is 410 g/mol. The van der Waals surface area contributed by atoms with Crippen molar-refractivity contribution in [3.05, 3.63) is 54.1 Å². The lowest BCUT2D eigenvalue weighted by molar-refractivity contribution is -0.113. The Bertz CT molecular complexity index is 954. The van der Waals surface area contributed by atoms with E-state index in [4.69, 9.17) is 4.74 Å². The van der Waals surface area contributed by atoms with E-state index >= 15 is 0 Å². The largest absolute Gasteiger partial charge is 0.494 e. The number of nitrogens with one attached hydrogen (secondary N) is 1. The third-order valence-corrected chi connectivity index (χ3v) is 5.43. The van der Waals surface area contributed by atoms with E-state index in [0.717, 1.165) is 46.5 Å². The highest BCUT2D eigenvalue weighted by atomic mass is 32.2. The van der Waals surface area contributed by atoms with Crippen LogP contribution in [0.15, 0.2) is 53.7 Å². The Morgan fingerprint density at radius 3 is 2.52 bits per heavy atom. The van der Waals surface area contributed by atoms with E-state index in [0.29, 0.717) is 6.61 Å². The summed E-state index contributed by atoms with van der Waals surface area (Å²) in [6.07, 6.45) is 0.874. The number of amides is 1. The summed E-state index contributed by atoms with van der Waals surface area (Å²) in [5.74, 6) is 1.84. The van der Waals surface area contributed by atoms with Crippen molar-refractivity contribution in [3.8, 4) is 17.1 Å². The van der Waals surface area contributed by atoms with Gasteiger partial charge in [0.1, 0.15) is 5.75 Å². The third-order valence-electron chi connectivity index (χ3n) is 4.46. The summed E-state index contributed by atoms with van der Waals surface area (Å²) in [7, 11) is 0. The molecule has 0 aliphatic carbocycles. The maximum absolute atomic E-state index is 12.4. The van der Waals surface area contributed by atoms with Crippen LogP contribution in [0.4, 0.5) is 5.69 Å². The van der Waals surface area contributed by atoms with E-state index in [9.17, 15) is 4.79 Å². The van der Waals surface area contributed by atoms with Gasteiger partial charge in [-0.2, -0.15) is 0 Å². The van der Waals surface area contributed by atoms with Gasteiger partial charge in [-0.1, -0.05) is 36.9 Å². The Kier molecular flexibility index (Phi) is 7.30. The Morgan fingerprint density at radius 2 is 1.83 bits per heavy atom. The molecule has 152 valence electrons. The molecule has 0 saturated heterocycles. The van der Waals surface area contributed by atoms with Gasteiger partial charge in [-0.25, -0.2) is 0 Å². The number of anilines is 1. The molecule has 1 N–H and O–H groups in total. The minimum absolute atomic E-state index is 0.0517. The summed E-state index contributed by atoms with van der Waals surface area (Å²) in [6.45, 7) is 7.44. The normalized spacial score (nSPS) is 10.7. The number of carbonyl (C=O) groups excluding carboxylic acids is 1. The van der Waals surface area contributed by atoms with E-state index in [1.165, 1.54) is 11.8 Å². The summed E-state index contributed by atoms with van der Waals surface area (Å²) in [4.78, 5) is 12.4. The van der Waals surface area contributed by atoms with Crippen LogP contribution in [-0.4, -0.2) is 33.0 Å². The van der Waals surface area contributed by atoms with Crippen molar-refractivity contribution in [2.24, 2.45) is 0 Å². The van der Waals surface area contributed by atoms with Crippen molar-refractivity contribution < 1.29 is 9.53 Å². The summed E-state index contributed by atoms with van der Waals surface area (Å²) >= 11 is 1.39. The summed E-state index contributed by atoms with van der Waals surface area (Å²) in [5, 5.41) is 12.4. The van der Waals surface area contributed by atoms with Crippen LogP contribution in [0, 0.1) is 0 Å². The Morgan fingerprint density at radius 1 is 1.07 bits per heavy atom. The molecule has 0 radical (unpaired) electrons. The SMILES string of the molecule is CCOc1ccc(-c2nnc(SCC(=O)Nc3ccccc3CC)n2CC)cc1.